The average molecular weight is 369 g/mol. The minimum absolute atomic E-state index is 0.0783. The molecular formula is C21H28N2O2Si. The summed E-state index contributed by atoms with van der Waals surface area (Å²) in [6, 6.07) is -0.176. The van der Waals surface area contributed by atoms with Gasteiger partial charge in [-0.05, 0) is 42.9 Å². The summed E-state index contributed by atoms with van der Waals surface area (Å²) in [7, 11) is -0.781. The molecule has 3 aliphatic carbocycles. The molecule has 0 fully saturated rings. The number of nitrogens with one attached hydrogen (secondary N) is 2. The smallest absolute Gasteiger partial charge is 0.207 e. The molecule has 5 heteroatoms. The predicted octanol–water partition coefficient (Wildman–Crippen LogP) is 2.67. The van der Waals surface area contributed by atoms with Gasteiger partial charge in [-0.1, -0.05) is 54.6 Å². The molecule has 3 aliphatic rings. The number of amides is 2. The van der Waals surface area contributed by atoms with Crippen molar-refractivity contribution >= 4 is 26.4 Å². The summed E-state index contributed by atoms with van der Waals surface area (Å²) < 4.78 is 0. The van der Waals surface area contributed by atoms with Crippen LogP contribution in [0.1, 0.15) is 33.1 Å². The van der Waals surface area contributed by atoms with E-state index in [2.05, 4.69) is 55.8 Å². The quantitative estimate of drug-likeness (QED) is 0.579. The van der Waals surface area contributed by atoms with Gasteiger partial charge >= 0.3 is 0 Å². The fourth-order valence-corrected chi connectivity index (χ4v) is 6.90. The van der Waals surface area contributed by atoms with Crippen LogP contribution in [0.25, 0.3) is 0 Å². The molecule has 3 unspecified atom stereocenters. The highest BCUT2D eigenvalue weighted by Gasteiger charge is 2.39. The molecule has 0 radical (unpaired) electrons. The van der Waals surface area contributed by atoms with Gasteiger partial charge in [0.25, 0.3) is 0 Å². The zero-order chi connectivity index (χ0) is 18.8. The number of hydrogen-bond donors (Lipinski definition) is 2. The maximum absolute atomic E-state index is 11.3. The van der Waals surface area contributed by atoms with Crippen molar-refractivity contribution in [3.63, 3.8) is 0 Å². The van der Waals surface area contributed by atoms with Gasteiger partial charge in [-0.15, -0.1) is 0 Å². The van der Waals surface area contributed by atoms with Gasteiger partial charge in [0, 0.05) is 14.3 Å². The van der Waals surface area contributed by atoms with Gasteiger partial charge < -0.3 is 10.6 Å². The number of carbonyl (C=O) groups is 2. The summed E-state index contributed by atoms with van der Waals surface area (Å²) >= 11 is 0. The Morgan fingerprint density at radius 3 is 2.50 bits per heavy atom. The lowest BCUT2D eigenvalue weighted by Gasteiger charge is -2.31. The molecule has 26 heavy (non-hydrogen) atoms. The SMILES string of the molecule is CC1=C(C2=CC=CC2)C2=C(C1)CC(NC=O)C(NC=O)C(=[Si](C)C)C2C. The maximum Gasteiger partial charge on any atom is 0.207 e. The lowest BCUT2D eigenvalue weighted by molar-refractivity contribution is -0.112. The number of rotatable bonds is 5. The second-order valence-corrected chi connectivity index (χ2v) is 10.3. The largest absolute Gasteiger partial charge is 0.353 e. The lowest BCUT2D eigenvalue weighted by atomic mass is 9.85. The molecule has 0 heterocycles. The van der Waals surface area contributed by atoms with Gasteiger partial charge in [-0.25, -0.2) is 0 Å². The zero-order valence-corrected chi connectivity index (χ0v) is 17.1. The molecule has 2 N–H and O–H groups in total. The van der Waals surface area contributed by atoms with Crippen molar-refractivity contribution in [3.8, 4) is 0 Å². The fourth-order valence-electron chi connectivity index (χ4n) is 4.99. The van der Waals surface area contributed by atoms with Crippen LogP contribution in [0, 0.1) is 5.92 Å². The van der Waals surface area contributed by atoms with Gasteiger partial charge in [-0.2, -0.15) is 0 Å². The third kappa shape index (κ3) is 3.20. The molecule has 4 nitrogen and oxygen atoms in total. The highest BCUT2D eigenvalue weighted by Crippen LogP contribution is 2.46. The maximum atomic E-state index is 11.3. The Morgan fingerprint density at radius 2 is 1.92 bits per heavy atom. The molecule has 3 rings (SSSR count). The Morgan fingerprint density at radius 1 is 1.19 bits per heavy atom. The first kappa shape index (κ1) is 18.8. The van der Waals surface area contributed by atoms with E-state index in [1.54, 1.807) is 0 Å². The molecule has 2 amide bonds. The van der Waals surface area contributed by atoms with Crippen LogP contribution in [0.2, 0.25) is 13.1 Å². The molecule has 0 aromatic rings. The van der Waals surface area contributed by atoms with E-state index in [0.717, 1.165) is 32.1 Å². The first-order valence-electron chi connectivity index (χ1n) is 9.34. The monoisotopic (exact) mass is 368 g/mol. The summed E-state index contributed by atoms with van der Waals surface area (Å²) in [6.07, 6.45) is 10.9. The number of hydrogen-bond acceptors (Lipinski definition) is 2. The number of allylic oxidation sites excluding steroid dienone is 7. The van der Waals surface area contributed by atoms with Crippen molar-refractivity contribution < 1.29 is 9.59 Å². The molecule has 0 spiro atoms. The van der Waals surface area contributed by atoms with Crippen LogP contribution in [-0.4, -0.2) is 38.5 Å². The van der Waals surface area contributed by atoms with Crippen LogP contribution in [-0.2, 0) is 9.59 Å². The highest BCUT2D eigenvalue weighted by molar-refractivity contribution is 6.70. The van der Waals surface area contributed by atoms with Crippen LogP contribution in [0.15, 0.2) is 46.1 Å². The third-order valence-electron chi connectivity index (χ3n) is 5.86. The van der Waals surface area contributed by atoms with Gasteiger partial charge in [-0.3, -0.25) is 9.59 Å². The van der Waals surface area contributed by atoms with Gasteiger partial charge in [0.1, 0.15) is 0 Å². The van der Waals surface area contributed by atoms with Crippen LogP contribution >= 0.6 is 0 Å². The van der Waals surface area contributed by atoms with Crippen LogP contribution in [0.4, 0.5) is 0 Å². The zero-order valence-electron chi connectivity index (χ0n) is 16.1. The lowest BCUT2D eigenvalue weighted by Crippen LogP contribution is -2.54. The Bertz CT molecular complexity index is 782. The molecule has 0 aliphatic heterocycles. The van der Waals surface area contributed by atoms with Crippen molar-refractivity contribution in [2.24, 2.45) is 5.92 Å². The Labute approximate surface area is 157 Å². The molecule has 0 saturated heterocycles. The second kappa shape index (κ2) is 7.70. The standard InChI is InChI=1S/C21H28N2O2Si/c1-13-9-16-10-17(22-11-24)20(23-12-25)21(26(3)4)14(2)19(16)18(13)15-7-5-6-8-15/h5-7,11-12,14,17,20H,8-10H2,1-4H3,(H,22,24)(H,23,25). The van der Waals surface area contributed by atoms with Gasteiger partial charge in [0.05, 0.1) is 12.1 Å². The average Bonchev–Trinajstić information content (AvgIpc) is 3.18. The van der Waals surface area contributed by atoms with E-state index >= 15 is 0 Å². The molecule has 0 aromatic carbocycles. The van der Waals surface area contributed by atoms with Gasteiger partial charge in [0.2, 0.25) is 12.8 Å². The van der Waals surface area contributed by atoms with E-state index in [-0.39, 0.29) is 12.1 Å². The molecule has 0 aromatic heterocycles. The van der Waals surface area contributed by atoms with E-state index in [0.29, 0.717) is 5.92 Å². The minimum Gasteiger partial charge on any atom is -0.353 e. The summed E-state index contributed by atoms with van der Waals surface area (Å²) in [6.45, 7) is 9.08. The first-order valence-corrected chi connectivity index (χ1v) is 11.8. The summed E-state index contributed by atoms with van der Waals surface area (Å²) in [5.74, 6) is 0.291. The van der Waals surface area contributed by atoms with E-state index in [4.69, 9.17) is 0 Å². The summed E-state index contributed by atoms with van der Waals surface area (Å²) in [5, 5.41) is 7.41. The van der Waals surface area contributed by atoms with Crippen molar-refractivity contribution in [2.45, 2.75) is 58.3 Å². The Hall–Kier alpha value is -2.01. The van der Waals surface area contributed by atoms with Crippen molar-refractivity contribution in [2.75, 3.05) is 0 Å². The van der Waals surface area contributed by atoms with Crippen LogP contribution in [0.3, 0.4) is 0 Å². The van der Waals surface area contributed by atoms with E-state index in [9.17, 15) is 9.59 Å². The van der Waals surface area contributed by atoms with Crippen LogP contribution < -0.4 is 10.6 Å². The van der Waals surface area contributed by atoms with Crippen LogP contribution in [0.5, 0.6) is 0 Å². The molecular weight excluding hydrogens is 340 g/mol. The Kier molecular flexibility index (Phi) is 5.56. The van der Waals surface area contributed by atoms with E-state index in [1.165, 1.54) is 33.0 Å². The molecule has 138 valence electrons. The Balaban J connectivity index is 2.12. The van der Waals surface area contributed by atoms with E-state index < -0.39 is 8.41 Å². The summed E-state index contributed by atoms with van der Waals surface area (Å²) in [5.41, 5.74) is 7.14. The predicted molar refractivity (Wildman–Crippen MR) is 108 cm³/mol. The summed E-state index contributed by atoms with van der Waals surface area (Å²) in [4.78, 5) is 22.6. The normalized spacial score (nSPS) is 27.9. The minimum atomic E-state index is -0.781. The van der Waals surface area contributed by atoms with Crippen molar-refractivity contribution in [3.05, 3.63) is 46.1 Å². The second-order valence-electron chi connectivity index (χ2n) is 7.71. The molecule has 0 saturated carbocycles. The highest BCUT2D eigenvalue weighted by atomic mass is 28.2. The first-order chi connectivity index (χ1) is 12.5. The van der Waals surface area contributed by atoms with Crippen molar-refractivity contribution in [1.82, 2.24) is 10.6 Å². The van der Waals surface area contributed by atoms with Gasteiger partial charge in [0.15, 0.2) is 0 Å². The fraction of sp³-hybridized carbons (Fsp3) is 0.476. The number of carbonyl (C=O) groups excluding carboxylic acids is 2. The molecule has 3 atom stereocenters. The molecule has 0 bridgehead atoms. The van der Waals surface area contributed by atoms with Crippen molar-refractivity contribution in [1.29, 1.82) is 0 Å². The van der Waals surface area contributed by atoms with E-state index in [1.807, 2.05) is 0 Å². The topological polar surface area (TPSA) is 58.2 Å². The third-order valence-corrected chi connectivity index (χ3v) is 7.76.